The number of nitrogens with zero attached hydrogens (tertiary/aromatic N) is 4. The van der Waals surface area contributed by atoms with Crippen molar-refractivity contribution >= 4 is 12.0 Å². The topological polar surface area (TPSA) is 105 Å². The number of carbonyl (C=O) groups excluding carboxylic acids is 2. The van der Waals surface area contributed by atoms with Crippen LogP contribution in [-0.4, -0.2) is 36.7 Å². The third-order valence-corrected chi connectivity index (χ3v) is 4.84. The van der Waals surface area contributed by atoms with E-state index in [1.807, 2.05) is 30.3 Å². The maximum absolute atomic E-state index is 13.2. The Bertz CT molecular complexity index is 894. The molecule has 3 rings (SSSR count). The number of ether oxygens (including phenoxy) is 2. The first kappa shape index (κ1) is 19.3. The van der Waals surface area contributed by atoms with Crippen LogP contribution in [0.15, 0.2) is 59.7 Å². The number of imide groups is 1. The summed E-state index contributed by atoms with van der Waals surface area (Å²) in [5.74, 6) is -0.355. The molecule has 0 radical (unpaired) electrons. The Morgan fingerprint density at radius 1 is 1.25 bits per heavy atom. The molecule has 1 heterocycles. The van der Waals surface area contributed by atoms with E-state index in [4.69, 9.17) is 15.0 Å². The zero-order valence-electron chi connectivity index (χ0n) is 15.6. The van der Waals surface area contributed by atoms with Crippen LogP contribution >= 0.6 is 0 Å². The molecule has 0 aromatic heterocycles. The summed E-state index contributed by atoms with van der Waals surface area (Å²) in [5, 5.41) is 3.70. The molecule has 144 valence electrons. The summed E-state index contributed by atoms with van der Waals surface area (Å²) in [6, 6.07) is 14.6. The van der Waals surface area contributed by atoms with Crippen molar-refractivity contribution in [3.8, 4) is 5.75 Å². The highest BCUT2D eigenvalue weighted by molar-refractivity contribution is 5.97. The minimum absolute atomic E-state index is 0.0640. The minimum Gasteiger partial charge on any atom is -0.497 e. The maximum Gasteiger partial charge on any atom is 0.417 e. The first-order chi connectivity index (χ1) is 13.6. The summed E-state index contributed by atoms with van der Waals surface area (Å²) < 4.78 is 10.3. The first-order valence-electron chi connectivity index (χ1n) is 8.79. The lowest BCUT2D eigenvalue weighted by atomic mass is 9.92. The summed E-state index contributed by atoms with van der Waals surface area (Å²) in [6.07, 6.45) is -0.737. The second-order valence-corrected chi connectivity index (χ2v) is 6.42. The molecule has 0 aliphatic carbocycles. The highest BCUT2D eigenvalue weighted by Gasteiger charge is 2.42. The molecule has 1 fully saturated rings. The van der Waals surface area contributed by atoms with Crippen molar-refractivity contribution in [1.82, 2.24) is 4.90 Å². The van der Waals surface area contributed by atoms with Gasteiger partial charge in [0, 0.05) is 4.91 Å². The van der Waals surface area contributed by atoms with Crippen LogP contribution in [-0.2, 0) is 9.53 Å². The molecule has 8 heteroatoms. The van der Waals surface area contributed by atoms with E-state index in [0.717, 1.165) is 16.0 Å². The van der Waals surface area contributed by atoms with Gasteiger partial charge < -0.3 is 9.47 Å². The first-order valence-corrected chi connectivity index (χ1v) is 8.79. The van der Waals surface area contributed by atoms with Crippen LogP contribution in [0.4, 0.5) is 4.79 Å². The van der Waals surface area contributed by atoms with Crippen LogP contribution < -0.4 is 4.74 Å². The highest BCUT2D eigenvalue weighted by atomic mass is 16.6. The lowest BCUT2D eigenvalue weighted by molar-refractivity contribution is -0.131. The molecule has 2 aromatic carbocycles. The van der Waals surface area contributed by atoms with Gasteiger partial charge in [-0.2, -0.15) is 0 Å². The Kier molecular flexibility index (Phi) is 5.81. The third kappa shape index (κ3) is 3.77. The van der Waals surface area contributed by atoms with Gasteiger partial charge in [-0.1, -0.05) is 54.5 Å². The largest absolute Gasteiger partial charge is 0.497 e. The Balaban J connectivity index is 1.90. The van der Waals surface area contributed by atoms with Crippen LogP contribution in [0.1, 0.15) is 30.0 Å². The van der Waals surface area contributed by atoms with Crippen molar-refractivity contribution in [2.75, 3.05) is 13.7 Å². The predicted molar refractivity (Wildman–Crippen MR) is 102 cm³/mol. The average Bonchev–Trinajstić information content (AvgIpc) is 3.13. The molecular formula is C20H20N4O4. The monoisotopic (exact) mass is 380 g/mol. The van der Waals surface area contributed by atoms with Crippen LogP contribution in [0.25, 0.3) is 10.4 Å². The van der Waals surface area contributed by atoms with Gasteiger partial charge in [-0.25, -0.2) is 9.69 Å². The molecule has 0 bridgehead atoms. The summed E-state index contributed by atoms with van der Waals surface area (Å²) >= 11 is 0. The van der Waals surface area contributed by atoms with E-state index in [9.17, 15) is 9.59 Å². The number of cyclic esters (lactones) is 1. The smallest absolute Gasteiger partial charge is 0.417 e. The SMILES string of the molecule is COc1ccc(C(C)C(N=[N+]=[N-])C(=O)N2C(=O)OC[C@H]2c2ccccc2)cc1. The van der Waals surface area contributed by atoms with E-state index in [-0.39, 0.29) is 6.61 Å². The van der Waals surface area contributed by atoms with E-state index < -0.39 is 30.0 Å². The van der Waals surface area contributed by atoms with Gasteiger partial charge in [0.1, 0.15) is 24.4 Å². The molecule has 2 aromatic rings. The number of azide groups is 1. The molecule has 0 spiro atoms. The standard InChI is InChI=1S/C20H20N4O4/c1-13(14-8-10-16(27-2)11-9-14)18(22-23-21)19(25)24-17(12-28-20(24)26)15-6-4-3-5-7-15/h3-11,13,17-18H,12H2,1-2H3/t13?,17-,18?/m0/s1. The molecule has 2 amide bonds. The maximum atomic E-state index is 13.2. The fraction of sp³-hybridized carbons (Fsp3) is 0.300. The lowest BCUT2D eigenvalue weighted by Crippen LogP contribution is -2.42. The normalized spacial score (nSPS) is 18.0. The fourth-order valence-electron chi connectivity index (χ4n) is 3.24. The average molecular weight is 380 g/mol. The molecule has 2 unspecified atom stereocenters. The Morgan fingerprint density at radius 2 is 1.93 bits per heavy atom. The molecule has 1 aliphatic rings. The number of benzene rings is 2. The summed E-state index contributed by atoms with van der Waals surface area (Å²) in [6.45, 7) is 1.84. The molecule has 3 atom stereocenters. The number of carbonyl (C=O) groups is 2. The molecule has 8 nitrogen and oxygen atoms in total. The van der Waals surface area contributed by atoms with E-state index in [2.05, 4.69) is 10.0 Å². The number of amides is 2. The molecule has 1 aliphatic heterocycles. The van der Waals surface area contributed by atoms with E-state index in [1.165, 1.54) is 0 Å². The zero-order chi connectivity index (χ0) is 20.1. The minimum atomic E-state index is -1.09. The van der Waals surface area contributed by atoms with Gasteiger partial charge in [0.05, 0.1) is 7.11 Å². The van der Waals surface area contributed by atoms with Crippen LogP contribution in [0.5, 0.6) is 5.75 Å². The van der Waals surface area contributed by atoms with Crippen LogP contribution in [0.3, 0.4) is 0 Å². The fourth-order valence-corrected chi connectivity index (χ4v) is 3.24. The van der Waals surface area contributed by atoms with Gasteiger partial charge in [0.25, 0.3) is 0 Å². The van der Waals surface area contributed by atoms with Gasteiger partial charge in [0.2, 0.25) is 5.91 Å². The van der Waals surface area contributed by atoms with Gasteiger partial charge in [-0.05, 0) is 34.7 Å². The Morgan fingerprint density at radius 3 is 2.54 bits per heavy atom. The lowest BCUT2D eigenvalue weighted by Gasteiger charge is -2.26. The molecule has 0 N–H and O–H groups in total. The number of hydrogen-bond acceptors (Lipinski definition) is 5. The molecule has 0 saturated carbocycles. The highest BCUT2D eigenvalue weighted by Crippen LogP contribution is 2.32. The Hall–Kier alpha value is -3.51. The van der Waals surface area contributed by atoms with Crippen LogP contribution in [0, 0.1) is 0 Å². The van der Waals surface area contributed by atoms with E-state index in [1.54, 1.807) is 38.3 Å². The van der Waals surface area contributed by atoms with Gasteiger partial charge in [-0.15, -0.1) is 0 Å². The van der Waals surface area contributed by atoms with Crippen molar-refractivity contribution in [1.29, 1.82) is 0 Å². The molecule has 1 saturated heterocycles. The zero-order valence-corrected chi connectivity index (χ0v) is 15.6. The number of hydrogen-bond donors (Lipinski definition) is 0. The second kappa shape index (κ2) is 8.45. The van der Waals surface area contributed by atoms with Crippen molar-refractivity contribution in [2.45, 2.75) is 24.9 Å². The van der Waals surface area contributed by atoms with E-state index >= 15 is 0 Å². The summed E-state index contributed by atoms with van der Waals surface area (Å²) in [7, 11) is 1.56. The van der Waals surface area contributed by atoms with E-state index in [0.29, 0.717) is 5.75 Å². The summed E-state index contributed by atoms with van der Waals surface area (Å²) in [5.41, 5.74) is 10.6. The van der Waals surface area contributed by atoms with Crippen molar-refractivity contribution in [2.24, 2.45) is 5.11 Å². The Labute approximate surface area is 162 Å². The summed E-state index contributed by atoms with van der Waals surface area (Å²) in [4.78, 5) is 29.4. The van der Waals surface area contributed by atoms with Crippen molar-refractivity contribution < 1.29 is 19.1 Å². The van der Waals surface area contributed by atoms with Crippen LogP contribution in [0.2, 0.25) is 0 Å². The second-order valence-electron chi connectivity index (χ2n) is 6.42. The van der Waals surface area contributed by atoms with Crippen molar-refractivity contribution in [3.05, 3.63) is 76.2 Å². The van der Waals surface area contributed by atoms with Crippen molar-refractivity contribution in [3.63, 3.8) is 0 Å². The van der Waals surface area contributed by atoms with Gasteiger partial charge in [0.15, 0.2) is 0 Å². The number of methoxy groups -OCH3 is 1. The van der Waals surface area contributed by atoms with Gasteiger partial charge in [-0.3, -0.25) is 4.79 Å². The molecule has 28 heavy (non-hydrogen) atoms. The predicted octanol–water partition coefficient (Wildman–Crippen LogP) is 4.20. The van der Waals surface area contributed by atoms with Gasteiger partial charge >= 0.3 is 6.09 Å². The quantitative estimate of drug-likeness (QED) is 0.425. The number of rotatable bonds is 6. The third-order valence-electron chi connectivity index (χ3n) is 4.84. The molecular weight excluding hydrogens is 360 g/mol.